The van der Waals surface area contributed by atoms with Gasteiger partial charge in [0.25, 0.3) is 5.56 Å². The summed E-state index contributed by atoms with van der Waals surface area (Å²) in [4.78, 5) is 57.9. The summed E-state index contributed by atoms with van der Waals surface area (Å²) in [6.07, 6.45) is -0.248. The highest BCUT2D eigenvalue weighted by Crippen LogP contribution is 2.32. The third kappa shape index (κ3) is 5.97. The van der Waals surface area contributed by atoms with Gasteiger partial charge in [-0.2, -0.15) is 0 Å². The molecule has 2 amide bonds. The molecule has 5 N–H and O–H groups in total. The Kier molecular flexibility index (Phi) is 7.58. The number of aromatic amines is 2. The lowest BCUT2D eigenvalue weighted by Gasteiger charge is -2.15. The number of hydrogen-bond acceptors (Lipinski definition) is 7. The van der Waals surface area contributed by atoms with Gasteiger partial charge in [-0.1, -0.05) is 62.0 Å². The van der Waals surface area contributed by atoms with Crippen LogP contribution in [0.4, 0.5) is 10.1 Å². The van der Waals surface area contributed by atoms with E-state index in [4.69, 9.17) is 0 Å². The van der Waals surface area contributed by atoms with Crippen LogP contribution in [0.1, 0.15) is 48.9 Å². The van der Waals surface area contributed by atoms with Gasteiger partial charge in [-0.05, 0) is 29.2 Å². The number of rotatable bonds is 7. The van der Waals surface area contributed by atoms with E-state index in [9.17, 15) is 28.7 Å². The van der Waals surface area contributed by atoms with Crippen molar-refractivity contribution < 1.29 is 19.1 Å². The molecule has 0 saturated carbocycles. The third-order valence-corrected chi connectivity index (χ3v) is 6.79. The largest absolute Gasteiger partial charge is 0.494 e. The smallest absolute Gasteiger partial charge is 0.328 e. The first kappa shape index (κ1) is 25.9. The summed E-state index contributed by atoms with van der Waals surface area (Å²) >= 11 is 0.971. The predicted octanol–water partition coefficient (Wildman–Crippen LogP) is 2.74. The SMILES string of the molecule is CC(C)c1ccc([C@H](N=C2NC(=O)[C@H](CC(=O)Nc3ccccc3F)S2)c2c(O)[nH]c(=O)[nH]c2=O)cc1. The number of halogens is 1. The first-order valence-corrected chi connectivity index (χ1v) is 12.3. The molecule has 0 radical (unpaired) electrons. The highest BCUT2D eigenvalue weighted by molar-refractivity contribution is 8.15. The van der Waals surface area contributed by atoms with Crippen molar-refractivity contribution in [1.82, 2.24) is 15.3 Å². The molecular weight excluding hydrogens is 501 g/mol. The molecule has 3 aromatic rings. The minimum Gasteiger partial charge on any atom is -0.494 e. The van der Waals surface area contributed by atoms with E-state index in [0.29, 0.717) is 5.56 Å². The number of aliphatic imine (C=N–C) groups is 1. The molecule has 0 aliphatic carbocycles. The van der Waals surface area contributed by atoms with Crippen molar-refractivity contribution in [2.45, 2.75) is 37.5 Å². The first-order valence-electron chi connectivity index (χ1n) is 11.4. The molecule has 4 rings (SSSR count). The van der Waals surface area contributed by atoms with Gasteiger partial charge in [0.15, 0.2) is 5.17 Å². The van der Waals surface area contributed by atoms with Gasteiger partial charge in [0.05, 0.1) is 5.69 Å². The number of amidine groups is 1. The Bertz CT molecular complexity index is 1480. The van der Waals surface area contributed by atoms with Crippen LogP contribution in [-0.4, -0.2) is 37.3 Å². The van der Waals surface area contributed by atoms with Crippen LogP contribution in [0.3, 0.4) is 0 Å². The van der Waals surface area contributed by atoms with Gasteiger partial charge < -0.3 is 15.7 Å². The van der Waals surface area contributed by atoms with Crippen molar-refractivity contribution in [3.05, 3.63) is 91.9 Å². The fourth-order valence-electron chi connectivity index (χ4n) is 3.76. The minimum absolute atomic E-state index is 0.00229. The van der Waals surface area contributed by atoms with Crippen LogP contribution >= 0.6 is 11.8 Å². The quantitative estimate of drug-likeness (QED) is 0.319. The number of nitrogens with one attached hydrogen (secondary N) is 4. The van der Waals surface area contributed by atoms with Gasteiger partial charge in [0.1, 0.15) is 22.7 Å². The Balaban J connectivity index is 1.61. The second kappa shape index (κ2) is 10.8. The van der Waals surface area contributed by atoms with E-state index in [-0.39, 0.29) is 28.8 Å². The van der Waals surface area contributed by atoms with Crippen LogP contribution in [0.15, 0.2) is 63.1 Å². The van der Waals surface area contributed by atoms with Gasteiger partial charge in [-0.25, -0.2) is 14.2 Å². The van der Waals surface area contributed by atoms with Crippen molar-refractivity contribution in [3.63, 3.8) is 0 Å². The van der Waals surface area contributed by atoms with Crippen molar-refractivity contribution in [2.24, 2.45) is 4.99 Å². The van der Waals surface area contributed by atoms with Gasteiger partial charge in [0.2, 0.25) is 17.7 Å². The van der Waals surface area contributed by atoms with E-state index in [1.165, 1.54) is 18.2 Å². The van der Waals surface area contributed by atoms with E-state index in [1.807, 2.05) is 26.0 Å². The zero-order valence-corrected chi connectivity index (χ0v) is 20.7. The number of aromatic hydroxyl groups is 1. The summed E-state index contributed by atoms with van der Waals surface area (Å²) in [6, 6.07) is 11.8. The maximum absolute atomic E-state index is 13.8. The molecule has 0 unspecified atom stereocenters. The molecule has 0 bridgehead atoms. The molecule has 2 aromatic carbocycles. The molecule has 37 heavy (non-hydrogen) atoms. The molecule has 12 heteroatoms. The van der Waals surface area contributed by atoms with Gasteiger partial charge >= 0.3 is 5.69 Å². The monoisotopic (exact) mass is 525 g/mol. The number of hydrogen-bond donors (Lipinski definition) is 5. The Morgan fingerprint density at radius 2 is 1.76 bits per heavy atom. The summed E-state index contributed by atoms with van der Waals surface area (Å²) < 4.78 is 13.8. The van der Waals surface area contributed by atoms with Gasteiger partial charge in [-0.3, -0.25) is 24.4 Å². The Hall–Kier alpha value is -4.19. The first-order chi connectivity index (χ1) is 17.6. The van der Waals surface area contributed by atoms with Crippen molar-refractivity contribution >= 4 is 34.4 Å². The van der Waals surface area contributed by atoms with Gasteiger partial charge in [-0.15, -0.1) is 0 Å². The molecule has 1 aliphatic rings. The molecule has 1 aromatic heterocycles. The van der Waals surface area contributed by atoms with Gasteiger partial charge in [0, 0.05) is 6.42 Å². The summed E-state index contributed by atoms with van der Waals surface area (Å²) in [5, 5.41) is 14.7. The van der Waals surface area contributed by atoms with Crippen LogP contribution in [0.25, 0.3) is 0 Å². The van der Waals surface area contributed by atoms with E-state index >= 15 is 0 Å². The third-order valence-electron chi connectivity index (χ3n) is 5.69. The number of carbonyl (C=O) groups is 2. The highest BCUT2D eigenvalue weighted by Gasteiger charge is 2.34. The second-order valence-electron chi connectivity index (χ2n) is 8.66. The average Bonchev–Trinajstić information content (AvgIpc) is 3.17. The molecule has 2 atom stereocenters. The van der Waals surface area contributed by atoms with Crippen LogP contribution in [-0.2, 0) is 9.59 Å². The number of nitrogens with zero attached hydrogens (tertiary/aromatic N) is 1. The number of anilines is 1. The average molecular weight is 526 g/mol. The molecule has 10 nitrogen and oxygen atoms in total. The van der Waals surface area contributed by atoms with Crippen LogP contribution in [0, 0.1) is 5.82 Å². The van der Waals surface area contributed by atoms with Crippen molar-refractivity contribution in [3.8, 4) is 5.88 Å². The zero-order chi connectivity index (χ0) is 26.7. The maximum Gasteiger partial charge on any atom is 0.328 e. The molecule has 192 valence electrons. The fourth-order valence-corrected chi connectivity index (χ4v) is 4.75. The lowest BCUT2D eigenvalue weighted by molar-refractivity contribution is -0.122. The fraction of sp³-hybridized carbons (Fsp3) is 0.240. The number of benzene rings is 2. The molecular formula is C25H24FN5O5S. The maximum atomic E-state index is 13.8. The van der Waals surface area contributed by atoms with Crippen LogP contribution in [0.2, 0.25) is 0 Å². The second-order valence-corrected chi connectivity index (χ2v) is 9.85. The van der Waals surface area contributed by atoms with Crippen molar-refractivity contribution in [1.29, 1.82) is 0 Å². The Labute approximate surface area is 214 Å². The lowest BCUT2D eigenvalue weighted by Crippen LogP contribution is -2.29. The number of amides is 2. The molecule has 1 fully saturated rings. The standard InChI is InChI=1S/C25H24FN5O5S/c1-12(2)13-7-9-14(10-8-13)20(19-22(34)29-24(36)30-23(19)35)28-25-31-21(33)17(37-25)11-18(32)27-16-6-4-3-5-15(16)26/h3-10,12,17,20H,11H2,1-2H3,(H,27,32)(H,28,31,33)(H3,29,30,34,35,36)/t17-,20-/m0/s1. The van der Waals surface area contributed by atoms with Crippen LogP contribution in [0.5, 0.6) is 5.88 Å². The highest BCUT2D eigenvalue weighted by atomic mass is 32.2. The summed E-state index contributed by atoms with van der Waals surface area (Å²) in [5.41, 5.74) is -0.349. The van der Waals surface area contributed by atoms with E-state index in [0.717, 1.165) is 17.3 Å². The molecule has 1 saturated heterocycles. The number of thioether (sulfide) groups is 1. The zero-order valence-electron chi connectivity index (χ0n) is 19.9. The number of aromatic nitrogens is 2. The summed E-state index contributed by atoms with van der Waals surface area (Å²) in [5.74, 6) is -2.04. The summed E-state index contributed by atoms with van der Waals surface area (Å²) in [7, 11) is 0. The number of carbonyl (C=O) groups excluding carboxylic acids is 2. The lowest BCUT2D eigenvalue weighted by atomic mass is 9.96. The van der Waals surface area contributed by atoms with Crippen LogP contribution < -0.4 is 21.9 Å². The number of para-hydroxylation sites is 1. The Morgan fingerprint density at radius 1 is 1.08 bits per heavy atom. The van der Waals surface area contributed by atoms with E-state index in [1.54, 1.807) is 18.2 Å². The molecule has 0 spiro atoms. The normalized spacial score (nSPS) is 17.1. The number of H-pyrrole nitrogens is 2. The van der Waals surface area contributed by atoms with E-state index in [2.05, 4.69) is 25.6 Å². The summed E-state index contributed by atoms with van der Waals surface area (Å²) in [6.45, 7) is 4.05. The predicted molar refractivity (Wildman–Crippen MR) is 138 cm³/mol. The minimum atomic E-state index is -1.07. The molecule has 1 aliphatic heterocycles. The van der Waals surface area contributed by atoms with Crippen molar-refractivity contribution in [2.75, 3.05) is 5.32 Å². The van der Waals surface area contributed by atoms with E-state index < -0.39 is 46.1 Å². The Morgan fingerprint density at radius 3 is 2.41 bits per heavy atom. The molecule has 2 heterocycles. The topological polar surface area (TPSA) is 157 Å².